The third-order valence-electron chi connectivity index (χ3n) is 8.34. The van der Waals surface area contributed by atoms with Crippen LogP contribution in [-0.2, 0) is 4.79 Å². The molecule has 3 aliphatic carbocycles. The normalized spacial score (nSPS) is 41.9. The fourth-order valence-electron chi connectivity index (χ4n) is 6.93. The molecule has 4 nitrogen and oxygen atoms in total. The Bertz CT molecular complexity index is 808. The minimum atomic E-state index is 0.160. The quantitative estimate of drug-likeness (QED) is 0.739. The summed E-state index contributed by atoms with van der Waals surface area (Å²) in [6.45, 7) is 4.88. The Hall–Kier alpha value is -1.84. The Balaban J connectivity index is 1.50. The lowest BCUT2D eigenvalue weighted by atomic mass is 9.49. The fraction of sp³-hybridized carbons (Fsp3) is 0.636. The summed E-state index contributed by atoms with van der Waals surface area (Å²) >= 11 is 0. The van der Waals surface area contributed by atoms with E-state index in [9.17, 15) is 4.79 Å². The maximum absolute atomic E-state index is 12.2. The largest absolute Gasteiger partial charge is 0.364 e. The van der Waals surface area contributed by atoms with Crippen molar-refractivity contribution in [3.05, 3.63) is 35.9 Å². The van der Waals surface area contributed by atoms with Gasteiger partial charge in [0.1, 0.15) is 6.26 Å². The van der Waals surface area contributed by atoms with E-state index in [2.05, 4.69) is 31.2 Å². The van der Waals surface area contributed by atoms with Crippen molar-refractivity contribution in [1.29, 1.82) is 0 Å². The van der Waals surface area contributed by atoms with Crippen LogP contribution in [-0.4, -0.2) is 23.0 Å². The van der Waals surface area contributed by atoms with Crippen LogP contribution in [0.1, 0.15) is 57.9 Å². The average molecular weight is 352 g/mol. The van der Waals surface area contributed by atoms with Crippen LogP contribution in [0.5, 0.6) is 0 Å². The van der Waals surface area contributed by atoms with Gasteiger partial charge in [-0.25, -0.2) is 0 Å². The number of carbonyl (C=O) groups excluding carboxylic acids is 1. The predicted molar refractivity (Wildman–Crippen MR) is 99.7 cm³/mol. The Morgan fingerprint density at radius 3 is 2.77 bits per heavy atom. The second-order valence-corrected chi connectivity index (χ2v) is 9.29. The molecule has 26 heavy (non-hydrogen) atoms. The fourth-order valence-corrected chi connectivity index (χ4v) is 6.93. The summed E-state index contributed by atoms with van der Waals surface area (Å²) < 4.78 is 5.13. The van der Waals surface area contributed by atoms with Crippen LogP contribution in [0.2, 0.25) is 0 Å². The number of piperidine rings is 1. The van der Waals surface area contributed by atoms with E-state index < -0.39 is 0 Å². The molecule has 1 aromatic heterocycles. The molecule has 0 radical (unpaired) electrons. The van der Waals surface area contributed by atoms with Crippen LogP contribution in [0, 0.1) is 28.6 Å². The lowest BCUT2D eigenvalue weighted by molar-refractivity contribution is -0.135. The van der Waals surface area contributed by atoms with Gasteiger partial charge in [0.05, 0.1) is 6.20 Å². The Labute approximate surface area is 155 Å². The van der Waals surface area contributed by atoms with Gasteiger partial charge in [0, 0.05) is 30.1 Å². The summed E-state index contributed by atoms with van der Waals surface area (Å²) in [6, 6.07) is 0. The van der Waals surface area contributed by atoms with Crippen molar-refractivity contribution in [3.8, 4) is 0 Å². The second-order valence-electron chi connectivity index (χ2n) is 9.29. The molecule has 5 rings (SSSR count). The first-order valence-corrected chi connectivity index (χ1v) is 10.0. The number of amides is 1. The number of carbonyl (C=O) groups is 1. The Morgan fingerprint density at radius 1 is 1.15 bits per heavy atom. The zero-order chi connectivity index (χ0) is 18.1. The van der Waals surface area contributed by atoms with E-state index in [4.69, 9.17) is 4.52 Å². The molecule has 0 aromatic carbocycles. The van der Waals surface area contributed by atoms with Crippen molar-refractivity contribution >= 4 is 11.5 Å². The highest BCUT2D eigenvalue weighted by Gasteiger charge is 2.57. The van der Waals surface area contributed by atoms with Crippen molar-refractivity contribution in [2.24, 2.45) is 28.6 Å². The van der Waals surface area contributed by atoms with Gasteiger partial charge >= 0.3 is 0 Å². The molecular formula is C22H28N2O2. The Kier molecular flexibility index (Phi) is 3.35. The van der Waals surface area contributed by atoms with Crippen LogP contribution < -0.4 is 0 Å². The molecule has 1 saturated carbocycles. The van der Waals surface area contributed by atoms with Gasteiger partial charge < -0.3 is 9.42 Å². The van der Waals surface area contributed by atoms with Crippen LogP contribution in [0.4, 0.5) is 0 Å². The first-order valence-electron chi connectivity index (χ1n) is 10.0. The summed E-state index contributed by atoms with van der Waals surface area (Å²) in [6.07, 6.45) is 14.9. The van der Waals surface area contributed by atoms with E-state index in [1.54, 1.807) is 6.26 Å². The van der Waals surface area contributed by atoms with E-state index in [1.807, 2.05) is 18.1 Å². The van der Waals surface area contributed by atoms with Crippen LogP contribution in [0.3, 0.4) is 0 Å². The SMILES string of the molecule is CN1C(=O)CC[C@@]2(C)C1=CC[C@@H]1[C@@H]2CC[C@]2(C)C(c3cnoc3)=CC[C@@H]12. The van der Waals surface area contributed by atoms with Gasteiger partial charge in [0.2, 0.25) is 5.91 Å². The van der Waals surface area contributed by atoms with Gasteiger partial charge in [-0.2, -0.15) is 0 Å². The smallest absolute Gasteiger partial charge is 0.226 e. The monoisotopic (exact) mass is 352 g/mol. The van der Waals surface area contributed by atoms with Crippen LogP contribution in [0.25, 0.3) is 5.57 Å². The van der Waals surface area contributed by atoms with Gasteiger partial charge in [-0.15, -0.1) is 0 Å². The molecule has 0 N–H and O–H groups in total. The van der Waals surface area contributed by atoms with Gasteiger partial charge in [0.15, 0.2) is 0 Å². The molecule has 0 unspecified atom stereocenters. The minimum Gasteiger partial charge on any atom is -0.364 e. The highest BCUT2D eigenvalue weighted by atomic mass is 16.5. The first-order chi connectivity index (χ1) is 12.4. The standard InChI is InChI=1S/C22H28N2O2/c1-21-10-8-18-15(17(21)6-5-16(21)14-12-23-26-13-14)4-7-19-22(18,2)11-9-20(25)24(19)3/h5,7,12-13,15,17-18H,4,6,8-11H2,1-3H3/t15-,17-,18-,21+,22+/m0/s1. The van der Waals surface area contributed by atoms with Crippen LogP contribution >= 0.6 is 0 Å². The zero-order valence-electron chi connectivity index (χ0n) is 16.0. The number of allylic oxidation sites excluding steroid dienone is 4. The number of aromatic nitrogens is 1. The molecule has 0 bridgehead atoms. The molecule has 2 fully saturated rings. The third-order valence-corrected chi connectivity index (χ3v) is 8.34. The van der Waals surface area contributed by atoms with Crippen LogP contribution in [0.15, 0.2) is 34.8 Å². The molecule has 1 saturated heterocycles. The van der Waals surface area contributed by atoms with Gasteiger partial charge in [0.25, 0.3) is 0 Å². The van der Waals surface area contributed by atoms with E-state index in [0.29, 0.717) is 24.2 Å². The number of rotatable bonds is 1. The van der Waals surface area contributed by atoms with Crippen molar-refractivity contribution in [3.63, 3.8) is 0 Å². The van der Waals surface area contributed by atoms with E-state index in [1.165, 1.54) is 24.1 Å². The van der Waals surface area contributed by atoms with Crippen molar-refractivity contribution in [1.82, 2.24) is 10.1 Å². The zero-order valence-corrected chi connectivity index (χ0v) is 16.0. The molecule has 4 heteroatoms. The minimum absolute atomic E-state index is 0.160. The predicted octanol–water partition coefficient (Wildman–Crippen LogP) is 4.66. The van der Waals surface area contributed by atoms with Crippen molar-refractivity contribution in [2.75, 3.05) is 7.05 Å². The third kappa shape index (κ3) is 1.96. The lowest BCUT2D eigenvalue weighted by Crippen LogP contribution is -2.53. The summed E-state index contributed by atoms with van der Waals surface area (Å²) in [5, 5.41) is 3.93. The topological polar surface area (TPSA) is 46.3 Å². The van der Waals surface area contributed by atoms with Gasteiger partial charge in [-0.3, -0.25) is 4.79 Å². The lowest BCUT2D eigenvalue weighted by Gasteiger charge is -2.58. The maximum Gasteiger partial charge on any atom is 0.226 e. The maximum atomic E-state index is 12.2. The molecule has 0 spiro atoms. The molecule has 1 aliphatic heterocycles. The molecular weight excluding hydrogens is 324 g/mol. The Morgan fingerprint density at radius 2 is 2.00 bits per heavy atom. The molecule has 5 atom stereocenters. The number of hydrogen-bond acceptors (Lipinski definition) is 3. The van der Waals surface area contributed by atoms with Crippen molar-refractivity contribution < 1.29 is 9.32 Å². The van der Waals surface area contributed by atoms with E-state index in [0.717, 1.165) is 24.8 Å². The molecule has 1 amide bonds. The summed E-state index contributed by atoms with van der Waals surface area (Å²) in [5.41, 5.74) is 4.29. The first kappa shape index (κ1) is 16.3. The number of fused-ring (bicyclic) bond motifs is 5. The average Bonchev–Trinajstić information content (AvgIpc) is 3.25. The molecule has 1 aromatic rings. The van der Waals surface area contributed by atoms with Crippen molar-refractivity contribution in [2.45, 2.75) is 52.4 Å². The van der Waals surface area contributed by atoms with Gasteiger partial charge in [-0.05, 0) is 60.8 Å². The number of likely N-dealkylation sites (tertiary alicyclic amines) is 1. The highest BCUT2D eigenvalue weighted by molar-refractivity contribution is 5.79. The number of nitrogens with zero attached hydrogens (tertiary/aromatic N) is 2. The summed E-state index contributed by atoms with van der Waals surface area (Å²) in [5.74, 6) is 2.36. The van der Waals surface area contributed by atoms with E-state index in [-0.39, 0.29) is 16.7 Å². The van der Waals surface area contributed by atoms with Gasteiger partial charge in [-0.1, -0.05) is 31.2 Å². The molecule has 4 aliphatic rings. The molecule has 138 valence electrons. The summed E-state index contributed by atoms with van der Waals surface area (Å²) in [7, 11) is 1.97. The number of hydrogen-bond donors (Lipinski definition) is 0. The van der Waals surface area contributed by atoms with E-state index >= 15 is 0 Å². The summed E-state index contributed by atoms with van der Waals surface area (Å²) in [4.78, 5) is 14.2. The second kappa shape index (κ2) is 5.34. The highest BCUT2D eigenvalue weighted by Crippen LogP contribution is 2.65. The molecule has 2 heterocycles.